The standard InChI is InChI=1S/C12H17N3O4/c1-18-12(17)9-4-11(14-5-10(9)13)15-2-3-19-8(6-15)7-16/h4-5,8,16H,2-3,6-7,13H2,1H3. The molecule has 3 N–H and O–H groups in total. The Bertz CT molecular complexity index is 466. The molecule has 7 heteroatoms. The SMILES string of the molecule is COC(=O)c1cc(N2CCOC(CO)C2)ncc1N. The first-order valence-corrected chi connectivity index (χ1v) is 5.97. The number of rotatable bonds is 3. The molecule has 1 aliphatic heterocycles. The molecule has 0 amide bonds. The van der Waals surface area contributed by atoms with E-state index in [1.54, 1.807) is 6.07 Å². The molecular formula is C12H17N3O4. The third kappa shape index (κ3) is 2.94. The van der Waals surface area contributed by atoms with E-state index < -0.39 is 5.97 Å². The lowest BCUT2D eigenvalue weighted by molar-refractivity contribution is 0.00336. The zero-order valence-electron chi connectivity index (χ0n) is 10.7. The fourth-order valence-electron chi connectivity index (χ4n) is 1.95. The Labute approximate surface area is 110 Å². The molecule has 1 aromatic rings. The minimum absolute atomic E-state index is 0.0463. The highest BCUT2D eigenvalue weighted by Crippen LogP contribution is 2.20. The highest BCUT2D eigenvalue weighted by molar-refractivity contribution is 5.95. The number of nitrogens with two attached hydrogens (primary N) is 1. The maximum absolute atomic E-state index is 11.6. The summed E-state index contributed by atoms with van der Waals surface area (Å²) in [6, 6.07) is 1.60. The zero-order valence-corrected chi connectivity index (χ0v) is 10.7. The number of anilines is 2. The number of hydrogen-bond donors (Lipinski definition) is 2. The van der Waals surface area contributed by atoms with Crippen molar-refractivity contribution in [2.24, 2.45) is 0 Å². The molecule has 104 valence electrons. The van der Waals surface area contributed by atoms with E-state index in [2.05, 4.69) is 9.72 Å². The molecule has 1 aromatic heterocycles. The molecule has 0 spiro atoms. The lowest BCUT2D eigenvalue weighted by Crippen LogP contribution is -2.44. The van der Waals surface area contributed by atoms with E-state index in [0.717, 1.165) is 0 Å². The van der Waals surface area contributed by atoms with Crippen LogP contribution in [-0.2, 0) is 9.47 Å². The van der Waals surface area contributed by atoms with Crippen LogP contribution in [0.15, 0.2) is 12.3 Å². The molecule has 1 fully saturated rings. The number of methoxy groups -OCH3 is 1. The Balaban J connectivity index is 2.22. The van der Waals surface area contributed by atoms with E-state index in [1.165, 1.54) is 13.3 Å². The van der Waals surface area contributed by atoms with E-state index in [9.17, 15) is 4.79 Å². The summed E-state index contributed by atoms with van der Waals surface area (Å²) in [4.78, 5) is 17.7. The summed E-state index contributed by atoms with van der Waals surface area (Å²) in [5, 5.41) is 9.11. The summed E-state index contributed by atoms with van der Waals surface area (Å²) in [5.41, 5.74) is 6.27. The number of pyridine rings is 1. The fourth-order valence-corrected chi connectivity index (χ4v) is 1.95. The van der Waals surface area contributed by atoms with Crippen molar-refractivity contribution in [3.8, 4) is 0 Å². The maximum Gasteiger partial charge on any atom is 0.340 e. The van der Waals surface area contributed by atoms with Gasteiger partial charge in [0.15, 0.2) is 0 Å². The highest BCUT2D eigenvalue weighted by atomic mass is 16.5. The van der Waals surface area contributed by atoms with Crippen LogP contribution in [0.25, 0.3) is 0 Å². The molecule has 19 heavy (non-hydrogen) atoms. The molecule has 1 aliphatic rings. The van der Waals surface area contributed by atoms with Crippen molar-refractivity contribution < 1.29 is 19.4 Å². The lowest BCUT2D eigenvalue weighted by Gasteiger charge is -2.33. The van der Waals surface area contributed by atoms with Gasteiger partial charge in [-0.25, -0.2) is 9.78 Å². The number of morpholine rings is 1. The van der Waals surface area contributed by atoms with Gasteiger partial charge in [0.05, 0.1) is 43.9 Å². The Morgan fingerprint density at radius 1 is 1.74 bits per heavy atom. The van der Waals surface area contributed by atoms with Gasteiger partial charge in [0.1, 0.15) is 5.82 Å². The van der Waals surface area contributed by atoms with Crippen molar-refractivity contribution in [3.05, 3.63) is 17.8 Å². The second-order valence-corrected chi connectivity index (χ2v) is 4.24. The number of aromatic nitrogens is 1. The molecule has 0 radical (unpaired) electrons. The van der Waals surface area contributed by atoms with Gasteiger partial charge in [-0.3, -0.25) is 0 Å². The van der Waals surface area contributed by atoms with Crippen LogP contribution in [0.5, 0.6) is 0 Å². The molecule has 0 aliphatic carbocycles. The van der Waals surface area contributed by atoms with Gasteiger partial charge >= 0.3 is 5.97 Å². The minimum atomic E-state index is -0.492. The fraction of sp³-hybridized carbons (Fsp3) is 0.500. The van der Waals surface area contributed by atoms with Gasteiger partial charge in [-0.05, 0) is 6.07 Å². The number of hydrogen-bond acceptors (Lipinski definition) is 7. The zero-order chi connectivity index (χ0) is 13.8. The van der Waals surface area contributed by atoms with Crippen molar-refractivity contribution in [3.63, 3.8) is 0 Å². The molecule has 2 heterocycles. The molecule has 1 unspecified atom stereocenters. The topological polar surface area (TPSA) is 97.9 Å². The average molecular weight is 267 g/mol. The first-order valence-electron chi connectivity index (χ1n) is 5.97. The molecule has 1 atom stereocenters. The van der Waals surface area contributed by atoms with E-state index >= 15 is 0 Å². The summed E-state index contributed by atoms with van der Waals surface area (Å²) >= 11 is 0. The van der Waals surface area contributed by atoms with Gasteiger partial charge < -0.3 is 25.2 Å². The van der Waals surface area contributed by atoms with Crippen molar-refractivity contribution in [1.29, 1.82) is 0 Å². The number of carbonyl (C=O) groups is 1. The van der Waals surface area contributed by atoms with Crippen LogP contribution in [0.1, 0.15) is 10.4 Å². The van der Waals surface area contributed by atoms with Gasteiger partial charge in [-0.2, -0.15) is 0 Å². The summed E-state index contributed by atoms with van der Waals surface area (Å²) in [7, 11) is 1.30. The van der Waals surface area contributed by atoms with Crippen molar-refractivity contribution in [2.45, 2.75) is 6.10 Å². The summed E-state index contributed by atoms with van der Waals surface area (Å²) < 4.78 is 10.0. The quantitative estimate of drug-likeness (QED) is 0.722. The van der Waals surface area contributed by atoms with Crippen molar-refractivity contribution >= 4 is 17.5 Å². The smallest absolute Gasteiger partial charge is 0.340 e. The third-order valence-electron chi connectivity index (χ3n) is 2.99. The monoisotopic (exact) mass is 267 g/mol. The Hall–Kier alpha value is -1.86. The van der Waals surface area contributed by atoms with Crippen molar-refractivity contribution in [1.82, 2.24) is 4.98 Å². The first-order chi connectivity index (χ1) is 9.15. The van der Waals surface area contributed by atoms with Gasteiger partial charge in [0.25, 0.3) is 0 Å². The van der Waals surface area contributed by atoms with Gasteiger partial charge in [-0.15, -0.1) is 0 Å². The Morgan fingerprint density at radius 2 is 2.53 bits per heavy atom. The Morgan fingerprint density at radius 3 is 3.21 bits per heavy atom. The Kier molecular flexibility index (Phi) is 4.18. The van der Waals surface area contributed by atoms with Gasteiger partial charge in [-0.1, -0.05) is 0 Å². The minimum Gasteiger partial charge on any atom is -0.465 e. The number of aliphatic hydroxyl groups is 1. The average Bonchev–Trinajstić information content (AvgIpc) is 2.47. The van der Waals surface area contributed by atoms with Crippen LogP contribution < -0.4 is 10.6 Å². The molecule has 2 rings (SSSR count). The normalized spacial score (nSPS) is 19.3. The van der Waals surface area contributed by atoms with Crippen molar-refractivity contribution in [2.75, 3.05) is 44.0 Å². The number of carbonyl (C=O) groups excluding carboxylic acids is 1. The number of ether oxygens (including phenoxy) is 2. The van der Waals surface area contributed by atoms with Gasteiger partial charge in [0, 0.05) is 13.1 Å². The predicted molar refractivity (Wildman–Crippen MR) is 69.0 cm³/mol. The number of aliphatic hydroxyl groups excluding tert-OH is 1. The van der Waals surface area contributed by atoms with Crippen LogP contribution in [0.2, 0.25) is 0 Å². The maximum atomic E-state index is 11.6. The molecule has 0 saturated carbocycles. The summed E-state index contributed by atoms with van der Waals surface area (Å²) in [6.07, 6.45) is 1.19. The summed E-state index contributed by atoms with van der Waals surface area (Å²) in [5.74, 6) is 0.129. The molecule has 0 aromatic carbocycles. The van der Waals surface area contributed by atoms with E-state index in [1.807, 2.05) is 4.90 Å². The summed E-state index contributed by atoms with van der Waals surface area (Å²) in [6.45, 7) is 1.63. The number of nitrogen functional groups attached to an aromatic ring is 1. The second-order valence-electron chi connectivity index (χ2n) is 4.24. The predicted octanol–water partition coefficient (Wildman–Crippen LogP) is -0.352. The number of esters is 1. The van der Waals surface area contributed by atoms with E-state index in [0.29, 0.717) is 31.1 Å². The largest absolute Gasteiger partial charge is 0.465 e. The second kappa shape index (κ2) is 5.85. The first kappa shape index (κ1) is 13.6. The molecule has 7 nitrogen and oxygen atoms in total. The lowest BCUT2D eigenvalue weighted by atomic mass is 10.2. The van der Waals surface area contributed by atoms with E-state index in [-0.39, 0.29) is 18.4 Å². The molecule has 1 saturated heterocycles. The van der Waals surface area contributed by atoms with Crippen LogP contribution in [0.3, 0.4) is 0 Å². The molecular weight excluding hydrogens is 250 g/mol. The van der Waals surface area contributed by atoms with Crippen LogP contribution in [0.4, 0.5) is 11.5 Å². The van der Waals surface area contributed by atoms with Crippen LogP contribution in [0, 0.1) is 0 Å². The number of nitrogens with zero attached hydrogens (tertiary/aromatic N) is 2. The molecule has 0 bridgehead atoms. The van der Waals surface area contributed by atoms with Crippen LogP contribution >= 0.6 is 0 Å². The third-order valence-corrected chi connectivity index (χ3v) is 2.99. The highest BCUT2D eigenvalue weighted by Gasteiger charge is 2.22. The van der Waals surface area contributed by atoms with Crippen LogP contribution in [-0.4, -0.2) is 55.6 Å². The van der Waals surface area contributed by atoms with Gasteiger partial charge in [0.2, 0.25) is 0 Å². The van der Waals surface area contributed by atoms with E-state index in [4.69, 9.17) is 15.6 Å².